The summed E-state index contributed by atoms with van der Waals surface area (Å²) < 4.78 is 52.7. The Morgan fingerprint density at radius 2 is 0.644 bits per heavy atom. The summed E-state index contributed by atoms with van der Waals surface area (Å²) >= 11 is 0. The van der Waals surface area contributed by atoms with Crippen molar-refractivity contribution < 1.29 is 57.0 Å². The van der Waals surface area contributed by atoms with E-state index < -0.39 is 11.9 Å². The van der Waals surface area contributed by atoms with Crippen molar-refractivity contribution in [1.82, 2.24) is 0 Å². The average Bonchev–Trinajstić information content (AvgIpc) is 1.03. The van der Waals surface area contributed by atoms with Crippen LogP contribution in [0.3, 0.4) is 0 Å². The van der Waals surface area contributed by atoms with E-state index in [0.717, 1.165) is 178 Å². The smallest absolute Gasteiger partial charge is 0.338 e. The van der Waals surface area contributed by atoms with Gasteiger partial charge in [0.05, 0.1) is 56.3 Å². The summed E-state index contributed by atoms with van der Waals surface area (Å²) in [4.78, 5) is 42.7. The van der Waals surface area contributed by atoms with Crippen molar-refractivity contribution >= 4 is 17.9 Å². The molecular formula is C75H98O12. The molecule has 87 heavy (non-hydrogen) atoms. The summed E-state index contributed by atoms with van der Waals surface area (Å²) in [6, 6.07) is 39.4. The fourth-order valence-corrected chi connectivity index (χ4v) is 10.4. The molecule has 0 saturated carbocycles. The lowest BCUT2D eigenvalue weighted by molar-refractivity contribution is 0.0486. The van der Waals surface area contributed by atoms with Crippen LogP contribution in [-0.4, -0.2) is 98.7 Å². The Labute approximate surface area is 519 Å². The third kappa shape index (κ3) is 23.2. The van der Waals surface area contributed by atoms with E-state index in [0.29, 0.717) is 86.0 Å². The normalized spacial score (nSPS) is 11.1. The summed E-state index contributed by atoms with van der Waals surface area (Å²) in [5, 5.41) is 0. The van der Waals surface area contributed by atoms with Gasteiger partial charge in [0.2, 0.25) is 0 Å². The van der Waals surface area contributed by atoms with Gasteiger partial charge in [0.1, 0.15) is 17.2 Å². The standard InChI is InChI=1S/C75H98O12/c1-7-10-12-13-24-49-84-63-38-42-65(58-28-30-59(31-29-58)73(76)85-50-25-17-14-21-45-79-4)71(55-63)72-56-64(83-48-20-11-8-2)39-43-66(72)61-35-41-68(75(78)87-52-27-19-16-23-47-81-6)70(54-61)69-53-60(57-32-36-62(37-33-57)82-44-9-3)34-40-67(69)74(77)86-51-26-18-15-22-46-80-5/h28-43,53-56H,7-27,44-52H2,1-6H3. The molecule has 6 rings (SSSR count). The lowest BCUT2D eigenvalue weighted by Crippen LogP contribution is -2.12. The van der Waals surface area contributed by atoms with Gasteiger partial charge < -0.3 is 42.6 Å². The lowest BCUT2D eigenvalue weighted by atomic mass is 9.86. The molecule has 12 nitrogen and oxygen atoms in total. The highest BCUT2D eigenvalue weighted by atomic mass is 16.5. The number of ether oxygens (including phenoxy) is 9. The molecule has 0 saturated heterocycles. The van der Waals surface area contributed by atoms with E-state index in [1.165, 1.54) is 6.42 Å². The van der Waals surface area contributed by atoms with Crippen LogP contribution in [-0.2, 0) is 28.4 Å². The molecule has 0 amide bonds. The van der Waals surface area contributed by atoms with Gasteiger partial charge in [-0.2, -0.15) is 0 Å². The molecule has 0 radical (unpaired) electrons. The molecule has 0 N–H and O–H groups in total. The highest BCUT2D eigenvalue weighted by Gasteiger charge is 2.25. The van der Waals surface area contributed by atoms with Crippen molar-refractivity contribution in [2.75, 3.05) is 80.8 Å². The molecule has 0 heterocycles. The second-order valence-electron chi connectivity index (χ2n) is 22.3. The van der Waals surface area contributed by atoms with Gasteiger partial charge in [0.15, 0.2) is 0 Å². The molecule has 0 aromatic heterocycles. The fraction of sp³-hybridized carbons (Fsp3) is 0.480. The quantitative estimate of drug-likeness (QED) is 0.0205. The Balaban J connectivity index is 1.51. The summed E-state index contributed by atoms with van der Waals surface area (Å²) in [6.45, 7) is 11.1. The van der Waals surface area contributed by atoms with Gasteiger partial charge in [-0.25, -0.2) is 14.4 Å². The maximum absolute atomic E-state index is 14.7. The van der Waals surface area contributed by atoms with Gasteiger partial charge in [-0.1, -0.05) is 127 Å². The molecule has 0 spiro atoms. The van der Waals surface area contributed by atoms with Crippen LogP contribution in [0.5, 0.6) is 17.2 Å². The first-order chi connectivity index (χ1) is 42.7. The number of hydrogen-bond acceptors (Lipinski definition) is 12. The number of methoxy groups -OCH3 is 3. The molecule has 470 valence electrons. The van der Waals surface area contributed by atoms with E-state index in [9.17, 15) is 14.4 Å². The van der Waals surface area contributed by atoms with E-state index >= 15 is 0 Å². The first-order valence-corrected chi connectivity index (χ1v) is 32.4. The molecule has 0 aliphatic heterocycles. The van der Waals surface area contributed by atoms with Gasteiger partial charge >= 0.3 is 17.9 Å². The second-order valence-corrected chi connectivity index (χ2v) is 22.3. The zero-order valence-corrected chi connectivity index (χ0v) is 53.2. The van der Waals surface area contributed by atoms with Crippen molar-refractivity contribution in [3.63, 3.8) is 0 Å². The van der Waals surface area contributed by atoms with Crippen LogP contribution >= 0.6 is 0 Å². The molecule has 0 aliphatic carbocycles. The monoisotopic (exact) mass is 1190 g/mol. The minimum atomic E-state index is -0.491. The van der Waals surface area contributed by atoms with E-state index in [2.05, 4.69) is 45.0 Å². The first kappa shape index (κ1) is 69.1. The summed E-state index contributed by atoms with van der Waals surface area (Å²) in [6.07, 6.45) is 20.2. The van der Waals surface area contributed by atoms with Crippen LogP contribution in [0.25, 0.3) is 55.6 Å². The summed E-state index contributed by atoms with van der Waals surface area (Å²) in [5.41, 5.74) is 9.11. The van der Waals surface area contributed by atoms with Gasteiger partial charge in [-0.3, -0.25) is 0 Å². The second kappa shape index (κ2) is 40.5. The maximum atomic E-state index is 14.7. The number of carbonyl (C=O) groups is 3. The molecule has 12 heteroatoms. The number of carbonyl (C=O) groups excluding carboxylic acids is 3. The third-order valence-electron chi connectivity index (χ3n) is 15.4. The predicted molar refractivity (Wildman–Crippen MR) is 351 cm³/mol. The zero-order valence-electron chi connectivity index (χ0n) is 53.2. The SMILES string of the molecule is CCCCCCCOc1ccc(-c2ccc(C(=O)OCCCCCCOC)cc2)c(-c2cc(OCCCCC)ccc2-c2ccc(C(=O)OCCCCCCOC)c(-c3cc(-c4ccc(OCCC)cc4)ccc3C(=O)OCCCCCCOC)c2)c1. The Morgan fingerprint density at radius 1 is 0.276 bits per heavy atom. The Bertz CT molecular complexity index is 2950. The number of hydrogen-bond donors (Lipinski definition) is 0. The fourth-order valence-electron chi connectivity index (χ4n) is 10.4. The molecule has 0 unspecified atom stereocenters. The Morgan fingerprint density at radius 3 is 1.13 bits per heavy atom. The third-order valence-corrected chi connectivity index (χ3v) is 15.4. The van der Waals surface area contributed by atoms with Crippen LogP contribution < -0.4 is 14.2 Å². The van der Waals surface area contributed by atoms with E-state index in [1.807, 2.05) is 97.1 Å². The van der Waals surface area contributed by atoms with Gasteiger partial charge in [-0.15, -0.1) is 0 Å². The predicted octanol–water partition coefficient (Wildman–Crippen LogP) is 18.8. The number of unbranched alkanes of at least 4 members (excludes halogenated alkanes) is 15. The summed E-state index contributed by atoms with van der Waals surface area (Å²) in [5.74, 6) is 0.869. The Kier molecular flexibility index (Phi) is 32.1. The first-order valence-electron chi connectivity index (χ1n) is 32.4. The lowest BCUT2D eigenvalue weighted by Gasteiger charge is -2.20. The van der Waals surface area contributed by atoms with Crippen molar-refractivity contribution in [3.05, 3.63) is 138 Å². The molecule has 0 fully saturated rings. The van der Waals surface area contributed by atoms with Crippen molar-refractivity contribution in [3.8, 4) is 72.9 Å². The molecule has 6 aromatic carbocycles. The van der Waals surface area contributed by atoms with Crippen LogP contribution in [0, 0.1) is 0 Å². The average molecular weight is 1190 g/mol. The molecule has 0 bridgehead atoms. The highest BCUT2D eigenvalue weighted by Crippen LogP contribution is 2.44. The van der Waals surface area contributed by atoms with E-state index in [1.54, 1.807) is 21.3 Å². The molecule has 0 atom stereocenters. The van der Waals surface area contributed by atoms with Gasteiger partial charge in [0.25, 0.3) is 0 Å². The minimum Gasteiger partial charge on any atom is -0.494 e. The highest BCUT2D eigenvalue weighted by molar-refractivity contribution is 6.05. The van der Waals surface area contributed by atoms with Crippen LogP contribution in [0.4, 0.5) is 0 Å². The van der Waals surface area contributed by atoms with Crippen LogP contribution in [0.15, 0.2) is 121 Å². The number of esters is 3. The van der Waals surface area contributed by atoms with Crippen molar-refractivity contribution in [1.29, 1.82) is 0 Å². The Hall–Kier alpha value is -6.99. The maximum Gasteiger partial charge on any atom is 0.338 e. The van der Waals surface area contributed by atoms with Gasteiger partial charge in [-0.05, 0) is 205 Å². The van der Waals surface area contributed by atoms with Gasteiger partial charge in [0, 0.05) is 41.2 Å². The van der Waals surface area contributed by atoms with Crippen molar-refractivity contribution in [2.45, 2.75) is 156 Å². The molecular weight excluding hydrogens is 1090 g/mol. The number of benzene rings is 6. The number of rotatable bonds is 44. The zero-order chi connectivity index (χ0) is 61.7. The summed E-state index contributed by atoms with van der Waals surface area (Å²) in [7, 11) is 5.12. The van der Waals surface area contributed by atoms with Crippen molar-refractivity contribution in [2.24, 2.45) is 0 Å². The molecule has 6 aromatic rings. The van der Waals surface area contributed by atoms with E-state index in [-0.39, 0.29) is 19.2 Å². The molecule has 0 aliphatic rings. The van der Waals surface area contributed by atoms with E-state index in [4.69, 9.17) is 42.6 Å². The topological polar surface area (TPSA) is 134 Å². The largest absolute Gasteiger partial charge is 0.494 e. The minimum absolute atomic E-state index is 0.237. The van der Waals surface area contributed by atoms with Crippen LogP contribution in [0.2, 0.25) is 0 Å². The van der Waals surface area contributed by atoms with Crippen LogP contribution in [0.1, 0.15) is 187 Å².